The first-order chi connectivity index (χ1) is 6.51. The predicted octanol–water partition coefficient (Wildman–Crippen LogP) is 2.89. The number of hydrogen-bond donors (Lipinski definition) is 1. The number of aromatic nitrogens is 1. The van der Waals surface area contributed by atoms with Gasteiger partial charge in [-0.15, -0.1) is 0 Å². The van der Waals surface area contributed by atoms with Crippen LogP contribution in [0, 0.1) is 0 Å². The highest BCUT2D eigenvalue weighted by atomic mass is 32.1. The average molecular weight is 214 g/mol. The van der Waals surface area contributed by atoms with Crippen LogP contribution in [0.2, 0.25) is 0 Å². The predicted molar refractivity (Wildman–Crippen MR) is 60.8 cm³/mol. The minimum absolute atomic E-state index is 0.0810. The molecule has 3 nitrogen and oxygen atoms in total. The molecule has 0 unspecified atom stereocenters. The molecule has 1 rings (SSSR count). The van der Waals surface area contributed by atoms with E-state index < -0.39 is 0 Å². The van der Waals surface area contributed by atoms with Crippen molar-refractivity contribution in [3.8, 4) is 0 Å². The number of ether oxygens (including phenoxy) is 1. The number of anilines is 1. The third-order valence-electron chi connectivity index (χ3n) is 1.53. The number of hydrogen-bond acceptors (Lipinski definition) is 4. The van der Waals surface area contributed by atoms with Crippen molar-refractivity contribution in [2.24, 2.45) is 0 Å². The van der Waals surface area contributed by atoms with Gasteiger partial charge in [-0.25, -0.2) is 4.98 Å². The van der Waals surface area contributed by atoms with E-state index in [1.807, 2.05) is 6.20 Å². The number of rotatable bonds is 4. The Balaban J connectivity index is 2.44. The molecule has 0 saturated heterocycles. The lowest BCUT2D eigenvalue weighted by Crippen LogP contribution is -2.18. The van der Waals surface area contributed by atoms with Crippen LogP contribution in [0.5, 0.6) is 0 Å². The van der Waals surface area contributed by atoms with Crippen LogP contribution in [0.15, 0.2) is 6.20 Å². The highest BCUT2D eigenvalue weighted by Gasteiger charge is 2.11. The molecular formula is C10H18N2OS. The van der Waals surface area contributed by atoms with Gasteiger partial charge < -0.3 is 10.1 Å². The van der Waals surface area contributed by atoms with Crippen molar-refractivity contribution in [3.63, 3.8) is 0 Å². The largest absolute Gasteiger partial charge is 0.370 e. The maximum Gasteiger partial charge on any atom is 0.182 e. The van der Waals surface area contributed by atoms with Crippen molar-refractivity contribution in [3.05, 3.63) is 11.1 Å². The first-order valence-corrected chi connectivity index (χ1v) is 5.65. The molecule has 14 heavy (non-hydrogen) atoms. The van der Waals surface area contributed by atoms with Crippen molar-refractivity contribution >= 4 is 16.5 Å². The summed E-state index contributed by atoms with van der Waals surface area (Å²) in [6.45, 7) is 9.78. The Kier molecular flexibility index (Phi) is 3.89. The van der Waals surface area contributed by atoms with E-state index in [1.165, 1.54) is 0 Å². The molecule has 4 heteroatoms. The van der Waals surface area contributed by atoms with Crippen molar-refractivity contribution in [2.45, 2.75) is 39.9 Å². The minimum atomic E-state index is -0.0810. The molecule has 0 saturated carbocycles. The van der Waals surface area contributed by atoms with Crippen LogP contribution in [0.3, 0.4) is 0 Å². The van der Waals surface area contributed by atoms with Crippen molar-refractivity contribution in [2.75, 3.05) is 11.9 Å². The Morgan fingerprint density at radius 3 is 2.79 bits per heavy atom. The van der Waals surface area contributed by atoms with Crippen LogP contribution in [0.25, 0.3) is 0 Å². The van der Waals surface area contributed by atoms with Crippen molar-refractivity contribution in [1.82, 2.24) is 4.98 Å². The molecule has 0 amide bonds. The second-order valence-electron chi connectivity index (χ2n) is 4.06. The van der Waals surface area contributed by atoms with Gasteiger partial charge in [0, 0.05) is 12.7 Å². The second-order valence-corrected chi connectivity index (χ2v) is 5.18. The summed E-state index contributed by atoms with van der Waals surface area (Å²) >= 11 is 1.65. The Morgan fingerprint density at radius 2 is 2.21 bits per heavy atom. The van der Waals surface area contributed by atoms with Gasteiger partial charge in [-0.05, 0) is 27.7 Å². The standard InChI is InChI=1S/C10H18N2OS/c1-5-11-9-12-6-8(14-9)7-13-10(2,3)4/h6H,5,7H2,1-4H3,(H,11,12). The Bertz CT molecular complexity index is 278. The van der Waals surface area contributed by atoms with Crippen molar-refractivity contribution < 1.29 is 4.74 Å². The zero-order chi connectivity index (χ0) is 10.6. The summed E-state index contributed by atoms with van der Waals surface area (Å²) in [5, 5.41) is 4.15. The van der Waals surface area contributed by atoms with Crippen LogP contribution < -0.4 is 5.32 Å². The third kappa shape index (κ3) is 4.07. The molecule has 0 bridgehead atoms. The first kappa shape index (κ1) is 11.5. The average Bonchev–Trinajstić information content (AvgIpc) is 2.49. The second kappa shape index (κ2) is 4.75. The summed E-state index contributed by atoms with van der Waals surface area (Å²) in [6.07, 6.45) is 1.87. The summed E-state index contributed by atoms with van der Waals surface area (Å²) < 4.78 is 5.65. The molecule has 1 aromatic rings. The SMILES string of the molecule is CCNc1ncc(COC(C)(C)C)s1. The van der Waals surface area contributed by atoms with Crippen LogP contribution >= 0.6 is 11.3 Å². The minimum Gasteiger partial charge on any atom is -0.370 e. The van der Waals surface area contributed by atoms with Crippen molar-refractivity contribution in [1.29, 1.82) is 0 Å². The fraction of sp³-hybridized carbons (Fsp3) is 0.700. The summed E-state index contributed by atoms with van der Waals surface area (Å²) in [7, 11) is 0. The van der Waals surface area contributed by atoms with Gasteiger partial charge in [-0.2, -0.15) is 0 Å². The monoisotopic (exact) mass is 214 g/mol. The summed E-state index contributed by atoms with van der Waals surface area (Å²) in [4.78, 5) is 5.40. The normalized spacial score (nSPS) is 11.7. The highest BCUT2D eigenvalue weighted by molar-refractivity contribution is 7.15. The van der Waals surface area contributed by atoms with Gasteiger partial charge in [0.25, 0.3) is 0 Å². The number of nitrogens with zero attached hydrogens (tertiary/aromatic N) is 1. The van der Waals surface area contributed by atoms with E-state index in [4.69, 9.17) is 4.74 Å². The van der Waals surface area contributed by atoms with E-state index in [2.05, 4.69) is 38.0 Å². The molecule has 0 aliphatic carbocycles. The number of nitrogens with one attached hydrogen (secondary N) is 1. The van der Waals surface area contributed by atoms with E-state index in [9.17, 15) is 0 Å². The smallest absolute Gasteiger partial charge is 0.182 e. The molecule has 80 valence electrons. The Hall–Kier alpha value is -0.610. The maximum atomic E-state index is 5.65. The first-order valence-electron chi connectivity index (χ1n) is 4.84. The van der Waals surface area contributed by atoms with Gasteiger partial charge in [0.05, 0.1) is 17.1 Å². The van der Waals surface area contributed by atoms with E-state index >= 15 is 0 Å². The van der Waals surface area contributed by atoms with Gasteiger partial charge in [0.1, 0.15) is 0 Å². The van der Waals surface area contributed by atoms with Gasteiger partial charge in [0.2, 0.25) is 0 Å². The third-order valence-corrected chi connectivity index (χ3v) is 2.46. The Morgan fingerprint density at radius 1 is 1.50 bits per heavy atom. The maximum absolute atomic E-state index is 5.65. The van der Waals surface area contributed by atoms with Gasteiger partial charge in [-0.1, -0.05) is 11.3 Å². The molecule has 1 aromatic heterocycles. The molecule has 0 fully saturated rings. The molecule has 0 atom stereocenters. The van der Waals surface area contributed by atoms with Gasteiger partial charge in [-0.3, -0.25) is 0 Å². The lowest BCUT2D eigenvalue weighted by molar-refractivity contribution is -0.0137. The molecule has 0 radical (unpaired) electrons. The van der Waals surface area contributed by atoms with Gasteiger partial charge in [0.15, 0.2) is 5.13 Å². The van der Waals surface area contributed by atoms with Crippen LogP contribution in [0.1, 0.15) is 32.6 Å². The zero-order valence-electron chi connectivity index (χ0n) is 9.26. The van der Waals surface area contributed by atoms with E-state index in [1.54, 1.807) is 11.3 Å². The van der Waals surface area contributed by atoms with E-state index in [-0.39, 0.29) is 5.60 Å². The number of thiazole rings is 1. The van der Waals surface area contributed by atoms with Crippen LogP contribution in [-0.4, -0.2) is 17.1 Å². The fourth-order valence-corrected chi connectivity index (χ4v) is 1.69. The fourth-order valence-electron chi connectivity index (χ4n) is 0.895. The van der Waals surface area contributed by atoms with E-state index in [0.29, 0.717) is 6.61 Å². The summed E-state index contributed by atoms with van der Waals surface area (Å²) in [6, 6.07) is 0. The molecule has 1 heterocycles. The summed E-state index contributed by atoms with van der Waals surface area (Å²) in [5.41, 5.74) is -0.0810. The van der Waals surface area contributed by atoms with E-state index in [0.717, 1.165) is 16.6 Å². The molecule has 0 spiro atoms. The lowest BCUT2D eigenvalue weighted by atomic mass is 10.2. The molecule has 0 aliphatic rings. The Labute approximate surface area is 89.5 Å². The summed E-state index contributed by atoms with van der Waals surface area (Å²) in [5.74, 6) is 0. The topological polar surface area (TPSA) is 34.2 Å². The molecule has 1 N–H and O–H groups in total. The lowest BCUT2D eigenvalue weighted by Gasteiger charge is -2.18. The quantitative estimate of drug-likeness (QED) is 0.836. The zero-order valence-corrected chi connectivity index (χ0v) is 10.1. The molecule has 0 aliphatic heterocycles. The van der Waals surface area contributed by atoms with Gasteiger partial charge >= 0.3 is 0 Å². The molecular weight excluding hydrogens is 196 g/mol. The molecule has 0 aromatic carbocycles. The van der Waals surface area contributed by atoms with Crippen LogP contribution in [0.4, 0.5) is 5.13 Å². The van der Waals surface area contributed by atoms with Crippen LogP contribution in [-0.2, 0) is 11.3 Å². The highest BCUT2D eigenvalue weighted by Crippen LogP contribution is 2.20.